The number of rotatable bonds is 9. The van der Waals surface area contributed by atoms with Gasteiger partial charge in [0.15, 0.2) is 0 Å². The first-order valence-electron chi connectivity index (χ1n) is 10.1. The minimum absolute atomic E-state index is 0.00585. The zero-order chi connectivity index (χ0) is 25.6. The molecule has 12 heteroatoms. The number of anilines is 1. The second-order valence-corrected chi connectivity index (χ2v) is 9.52. The molecule has 1 amide bonds. The van der Waals surface area contributed by atoms with Crippen LogP contribution in [0.4, 0.5) is 11.4 Å². The molecule has 0 bridgehead atoms. The van der Waals surface area contributed by atoms with Crippen molar-refractivity contribution in [3.8, 4) is 5.75 Å². The van der Waals surface area contributed by atoms with Crippen LogP contribution in [0.2, 0.25) is 5.02 Å². The quantitative estimate of drug-likeness (QED) is 0.260. The Hall–Kier alpha value is -3.96. The monoisotopic (exact) mass is 516 g/mol. The molecule has 1 N–H and O–H groups in total. The van der Waals surface area contributed by atoms with Gasteiger partial charge in [-0.05, 0) is 37.3 Å². The molecule has 0 aliphatic heterocycles. The molecule has 0 aliphatic rings. The molecule has 0 unspecified atom stereocenters. The number of aryl methyl sites for hydroxylation is 1. The average molecular weight is 517 g/mol. The molecular weight excluding hydrogens is 496 g/mol. The van der Waals surface area contributed by atoms with Crippen LogP contribution in [0.25, 0.3) is 0 Å². The van der Waals surface area contributed by atoms with Gasteiger partial charge in [-0.15, -0.1) is 0 Å². The normalized spacial score (nSPS) is 11.3. The molecule has 3 aromatic carbocycles. The Balaban J connectivity index is 1.89. The Bertz CT molecular complexity index is 1380. The number of hydrazone groups is 1. The fraction of sp³-hybridized carbons (Fsp3) is 0.130. The molecule has 0 saturated heterocycles. The third-order valence-corrected chi connectivity index (χ3v) is 6.95. The number of benzene rings is 3. The lowest BCUT2D eigenvalue weighted by Gasteiger charge is -2.25. The Kier molecular flexibility index (Phi) is 8.05. The van der Waals surface area contributed by atoms with Crippen LogP contribution < -0.4 is 14.5 Å². The van der Waals surface area contributed by atoms with E-state index in [-0.39, 0.29) is 32.6 Å². The third-order valence-electron chi connectivity index (χ3n) is 4.83. The van der Waals surface area contributed by atoms with Crippen molar-refractivity contribution in [1.82, 2.24) is 5.43 Å². The van der Waals surface area contributed by atoms with Gasteiger partial charge in [0.05, 0.1) is 28.8 Å². The van der Waals surface area contributed by atoms with Crippen molar-refractivity contribution in [3.05, 3.63) is 93.0 Å². The number of halogens is 1. The largest absolute Gasteiger partial charge is 0.495 e. The van der Waals surface area contributed by atoms with E-state index >= 15 is 0 Å². The second kappa shape index (κ2) is 11.0. The Morgan fingerprint density at radius 3 is 2.51 bits per heavy atom. The van der Waals surface area contributed by atoms with E-state index in [0.29, 0.717) is 0 Å². The Morgan fingerprint density at radius 1 is 1.17 bits per heavy atom. The third kappa shape index (κ3) is 6.14. The summed E-state index contributed by atoms with van der Waals surface area (Å²) in [5.41, 5.74) is 3.27. The fourth-order valence-corrected chi connectivity index (χ4v) is 4.65. The molecule has 0 fully saturated rings. The van der Waals surface area contributed by atoms with Crippen molar-refractivity contribution in [2.45, 2.75) is 11.8 Å². The zero-order valence-electron chi connectivity index (χ0n) is 18.7. The lowest BCUT2D eigenvalue weighted by atomic mass is 10.2. The number of nitrogens with one attached hydrogen (secondary N) is 1. The van der Waals surface area contributed by atoms with Crippen LogP contribution in [0.3, 0.4) is 0 Å². The number of sulfonamides is 1. The molecule has 0 heterocycles. The van der Waals surface area contributed by atoms with Crippen molar-refractivity contribution < 1.29 is 22.9 Å². The van der Waals surface area contributed by atoms with Crippen LogP contribution >= 0.6 is 11.6 Å². The van der Waals surface area contributed by atoms with E-state index in [1.807, 2.05) is 6.92 Å². The zero-order valence-corrected chi connectivity index (χ0v) is 20.3. The van der Waals surface area contributed by atoms with Crippen molar-refractivity contribution >= 4 is 45.1 Å². The molecule has 182 valence electrons. The van der Waals surface area contributed by atoms with Crippen molar-refractivity contribution in [2.75, 3.05) is 18.0 Å². The molecule has 0 atom stereocenters. The number of hydrogen-bond acceptors (Lipinski definition) is 7. The van der Waals surface area contributed by atoms with Gasteiger partial charge in [-0.2, -0.15) is 5.10 Å². The lowest BCUT2D eigenvalue weighted by Crippen LogP contribution is -2.39. The predicted molar refractivity (Wildman–Crippen MR) is 133 cm³/mol. The second-order valence-electron chi connectivity index (χ2n) is 7.25. The van der Waals surface area contributed by atoms with Gasteiger partial charge in [0, 0.05) is 22.7 Å². The smallest absolute Gasteiger partial charge is 0.270 e. The van der Waals surface area contributed by atoms with Crippen molar-refractivity contribution in [3.63, 3.8) is 0 Å². The van der Waals surface area contributed by atoms with Crippen LogP contribution in [0.15, 0.2) is 76.7 Å². The van der Waals surface area contributed by atoms with Crippen LogP contribution in [-0.2, 0) is 14.8 Å². The highest BCUT2D eigenvalue weighted by Crippen LogP contribution is 2.32. The molecule has 0 spiro atoms. The maximum Gasteiger partial charge on any atom is 0.270 e. The number of para-hydroxylation sites is 2. The molecule has 0 radical (unpaired) electrons. The van der Waals surface area contributed by atoms with Gasteiger partial charge in [0.1, 0.15) is 12.3 Å². The fourth-order valence-electron chi connectivity index (χ4n) is 3.06. The number of hydrogen-bond donors (Lipinski definition) is 1. The molecule has 0 aliphatic carbocycles. The number of amides is 1. The highest BCUT2D eigenvalue weighted by molar-refractivity contribution is 7.92. The average Bonchev–Trinajstić information content (AvgIpc) is 2.83. The molecule has 0 saturated carbocycles. The first-order chi connectivity index (χ1) is 16.6. The first-order valence-corrected chi connectivity index (χ1v) is 11.9. The molecule has 3 rings (SSSR count). The summed E-state index contributed by atoms with van der Waals surface area (Å²) in [5, 5.41) is 14.9. The van der Waals surface area contributed by atoms with Crippen LogP contribution in [0.1, 0.15) is 11.1 Å². The van der Waals surface area contributed by atoms with Crippen LogP contribution in [0.5, 0.6) is 5.75 Å². The summed E-state index contributed by atoms with van der Waals surface area (Å²) < 4.78 is 33.1. The minimum Gasteiger partial charge on any atom is -0.495 e. The summed E-state index contributed by atoms with van der Waals surface area (Å²) in [6, 6.07) is 16.4. The summed E-state index contributed by atoms with van der Waals surface area (Å²) in [5.74, 6) is -0.507. The first kappa shape index (κ1) is 25.7. The summed E-state index contributed by atoms with van der Waals surface area (Å²) in [6.07, 6.45) is 1.13. The number of ether oxygens (including phenoxy) is 1. The number of nitro benzene ring substituents is 1. The molecule has 0 aromatic heterocycles. The van der Waals surface area contributed by atoms with Gasteiger partial charge in [-0.3, -0.25) is 19.2 Å². The highest BCUT2D eigenvalue weighted by atomic mass is 35.5. The summed E-state index contributed by atoms with van der Waals surface area (Å²) in [4.78, 5) is 23.1. The number of nitro groups is 1. The van der Waals surface area contributed by atoms with Gasteiger partial charge in [-0.1, -0.05) is 41.4 Å². The minimum atomic E-state index is -4.15. The summed E-state index contributed by atoms with van der Waals surface area (Å²) in [7, 11) is -2.76. The van der Waals surface area contributed by atoms with E-state index in [1.165, 1.54) is 43.5 Å². The molecule has 3 aromatic rings. The van der Waals surface area contributed by atoms with Gasteiger partial charge in [0.2, 0.25) is 0 Å². The Morgan fingerprint density at radius 2 is 1.86 bits per heavy atom. The maximum absolute atomic E-state index is 13.5. The van der Waals surface area contributed by atoms with E-state index in [4.69, 9.17) is 16.3 Å². The van der Waals surface area contributed by atoms with Crippen molar-refractivity contribution in [2.24, 2.45) is 5.10 Å². The molecule has 35 heavy (non-hydrogen) atoms. The standard InChI is InChI=1S/C23H21ClN4O6S/c1-16-7-10-19(11-8-16)35(32,33)27(21-5-3-4-6-22(21)34-2)15-23(29)26-25-14-17-13-18(28(30)31)9-12-20(17)24/h3-14H,15H2,1-2H3,(H,26,29)/b25-14+. The van der Waals surface area contributed by atoms with Crippen LogP contribution in [-0.4, -0.2) is 39.1 Å². The number of methoxy groups -OCH3 is 1. The van der Waals surface area contributed by atoms with Gasteiger partial charge >= 0.3 is 0 Å². The topological polar surface area (TPSA) is 131 Å². The van der Waals surface area contributed by atoms with E-state index in [1.54, 1.807) is 30.3 Å². The highest BCUT2D eigenvalue weighted by Gasteiger charge is 2.29. The number of carbonyl (C=O) groups excluding carboxylic acids is 1. The predicted octanol–water partition coefficient (Wildman–Crippen LogP) is 3.91. The van der Waals surface area contributed by atoms with Gasteiger partial charge in [0.25, 0.3) is 21.6 Å². The van der Waals surface area contributed by atoms with E-state index in [2.05, 4.69) is 10.5 Å². The summed E-state index contributed by atoms with van der Waals surface area (Å²) >= 11 is 6.02. The van der Waals surface area contributed by atoms with Gasteiger partial charge in [-0.25, -0.2) is 13.8 Å². The van der Waals surface area contributed by atoms with Crippen molar-refractivity contribution in [1.29, 1.82) is 0 Å². The van der Waals surface area contributed by atoms with E-state index in [9.17, 15) is 23.3 Å². The summed E-state index contributed by atoms with van der Waals surface area (Å²) in [6.45, 7) is 1.21. The lowest BCUT2D eigenvalue weighted by molar-refractivity contribution is -0.384. The molecular formula is C23H21ClN4O6S. The maximum atomic E-state index is 13.5. The molecule has 10 nitrogen and oxygen atoms in total. The SMILES string of the molecule is COc1ccccc1N(CC(=O)N/N=C/c1cc([N+](=O)[O-])ccc1Cl)S(=O)(=O)c1ccc(C)cc1. The number of nitrogens with zero attached hydrogens (tertiary/aromatic N) is 3. The van der Waals surface area contributed by atoms with E-state index in [0.717, 1.165) is 16.1 Å². The van der Waals surface area contributed by atoms with E-state index < -0.39 is 27.4 Å². The van der Waals surface area contributed by atoms with Crippen LogP contribution in [0, 0.1) is 17.0 Å². The number of non-ortho nitro benzene ring substituents is 1. The number of carbonyl (C=O) groups is 1. The Labute approximate surface area is 207 Å². The van der Waals surface area contributed by atoms with Gasteiger partial charge < -0.3 is 4.74 Å².